The van der Waals surface area contributed by atoms with Crippen LogP contribution in [0.25, 0.3) is 0 Å². The van der Waals surface area contributed by atoms with Crippen LogP contribution in [0.1, 0.15) is 5.69 Å². The molecule has 3 atom stereocenters. The number of β-lactam (4-membered cyclic amide) rings is 1. The van der Waals surface area contributed by atoms with Crippen LogP contribution in [0.5, 0.6) is 0 Å². The summed E-state index contributed by atoms with van der Waals surface area (Å²) < 4.78 is 23.0. The zero-order valence-corrected chi connectivity index (χ0v) is 16.8. The Balaban J connectivity index is 1.47. The second kappa shape index (κ2) is 9.05. The number of rotatable bonds is 8. The lowest BCUT2D eigenvalue weighted by Gasteiger charge is -2.43. The van der Waals surface area contributed by atoms with Crippen LogP contribution in [0.3, 0.4) is 0 Å². The van der Waals surface area contributed by atoms with Crippen molar-refractivity contribution in [1.29, 1.82) is 0 Å². The van der Waals surface area contributed by atoms with Crippen molar-refractivity contribution in [3.63, 3.8) is 0 Å². The molecular weight excluding hydrogens is 388 g/mol. The third-order valence-electron chi connectivity index (χ3n) is 5.04. The number of nitrogens with one attached hydrogen (secondary N) is 2. The number of carbonyl (C=O) groups is 2. The predicted molar refractivity (Wildman–Crippen MR) is 100 cm³/mol. The molecule has 156 valence electrons. The fraction of sp³-hybridized carbons (Fsp3) is 0.733. The van der Waals surface area contributed by atoms with E-state index in [1.807, 2.05) is 0 Å². The number of nitrogens with zero attached hydrogens (tertiary/aromatic N) is 6. The van der Waals surface area contributed by atoms with E-state index in [9.17, 15) is 18.4 Å². The second-order valence-electron chi connectivity index (χ2n) is 7.02. The minimum atomic E-state index is -2.37. The number of piperazine rings is 1. The van der Waals surface area contributed by atoms with Crippen molar-refractivity contribution >= 4 is 23.1 Å². The maximum Gasteiger partial charge on any atom is 0.264 e. The first kappa shape index (κ1) is 20.8. The highest BCUT2D eigenvalue weighted by Gasteiger charge is 2.49. The second-order valence-corrected chi connectivity index (χ2v) is 7.87. The van der Waals surface area contributed by atoms with E-state index in [1.54, 1.807) is 13.2 Å². The molecule has 0 saturated carbocycles. The number of hydrogen-bond acceptors (Lipinski definition) is 8. The lowest BCUT2D eigenvalue weighted by molar-refractivity contribution is -0.142. The molecule has 2 aliphatic rings. The molecule has 2 fully saturated rings. The third kappa shape index (κ3) is 4.72. The standard InChI is InChI=1S/C15H26N8O4S/c1-16-14-12(23(15(14)25)28(26)27)9-22-8-11(18-19-22)7-17-13(24)10-21-5-3-20(2)4-6-21/h8,12,14,16H,3-7,9-10H2,1-2H3,(H,17,24)(H,26,27). The van der Waals surface area contributed by atoms with Crippen molar-refractivity contribution in [1.82, 2.24) is 39.7 Å². The van der Waals surface area contributed by atoms with Crippen molar-refractivity contribution in [2.75, 3.05) is 46.8 Å². The first-order valence-electron chi connectivity index (χ1n) is 9.07. The Bertz CT molecular complexity index is 735. The quantitative estimate of drug-likeness (QED) is 0.302. The average molecular weight is 414 g/mol. The van der Waals surface area contributed by atoms with Gasteiger partial charge in [-0.3, -0.25) is 23.7 Å². The maximum absolute atomic E-state index is 12.1. The molecule has 13 heteroatoms. The van der Waals surface area contributed by atoms with Crippen LogP contribution in [0, 0.1) is 0 Å². The Kier molecular flexibility index (Phi) is 6.72. The van der Waals surface area contributed by atoms with Crippen LogP contribution in [-0.2, 0) is 33.9 Å². The van der Waals surface area contributed by atoms with Gasteiger partial charge in [0.1, 0.15) is 11.7 Å². The Morgan fingerprint density at radius 1 is 1.36 bits per heavy atom. The molecule has 1 aromatic rings. The lowest BCUT2D eigenvalue weighted by atomic mass is 9.99. The number of hydrogen-bond donors (Lipinski definition) is 3. The van der Waals surface area contributed by atoms with Crippen LogP contribution in [0.2, 0.25) is 0 Å². The van der Waals surface area contributed by atoms with Crippen LogP contribution in [0.4, 0.5) is 0 Å². The van der Waals surface area contributed by atoms with E-state index in [2.05, 4.69) is 37.8 Å². The van der Waals surface area contributed by atoms with Crippen LogP contribution in [0.15, 0.2) is 6.20 Å². The molecule has 2 aliphatic heterocycles. The largest absolute Gasteiger partial charge is 0.349 e. The smallest absolute Gasteiger partial charge is 0.264 e. The Morgan fingerprint density at radius 3 is 2.71 bits per heavy atom. The van der Waals surface area contributed by atoms with E-state index >= 15 is 0 Å². The van der Waals surface area contributed by atoms with Gasteiger partial charge in [-0.15, -0.1) is 5.10 Å². The highest BCUT2D eigenvalue weighted by molar-refractivity contribution is 7.77. The minimum Gasteiger partial charge on any atom is -0.349 e. The van der Waals surface area contributed by atoms with E-state index in [4.69, 9.17) is 0 Å². The molecule has 1 aromatic heterocycles. The van der Waals surface area contributed by atoms with Gasteiger partial charge in [0.05, 0.1) is 31.9 Å². The summed E-state index contributed by atoms with van der Waals surface area (Å²) >= 11 is -2.37. The zero-order valence-electron chi connectivity index (χ0n) is 15.9. The van der Waals surface area contributed by atoms with Gasteiger partial charge in [-0.05, 0) is 14.1 Å². The van der Waals surface area contributed by atoms with Gasteiger partial charge in [0.2, 0.25) is 5.91 Å². The van der Waals surface area contributed by atoms with Crippen molar-refractivity contribution < 1.29 is 18.4 Å². The highest BCUT2D eigenvalue weighted by Crippen LogP contribution is 2.22. The summed E-state index contributed by atoms with van der Waals surface area (Å²) in [5.41, 5.74) is 0.579. The van der Waals surface area contributed by atoms with Crippen molar-refractivity contribution in [2.24, 2.45) is 0 Å². The molecule has 12 nitrogen and oxygen atoms in total. The summed E-state index contributed by atoms with van der Waals surface area (Å²) in [5, 5.41) is 13.7. The summed E-state index contributed by atoms with van der Waals surface area (Å²) in [6, 6.07) is -1.03. The van der Waals surface area contributed by atoms with Gasteiger partial charge >= 0.3 is 0 Å². The molecule has 0 aromatic carbocycles. The molecule has 2 saturated heterocycles. The summed E-state index contributed by atoms with van der Waals surface area (Å²) in [7, 11) is 3.69. The molecule has 3 unspecified atom stereocenters. The molecule has 0 aliphatic carbocycles. The number of carbonyl (C=O) groups excluding carboxylic acids is 2. The summed E-state index contributed by atoms with van der Waals surface area (Å²) in [5.74, 6) is -0.495. The fourth-order valence-corrected chi connectivity index (χ4v) is 4.05. The van der Waals surface area contributed by atoms with E-state index in [1.165, 1.54) is 4.68 Å². The van der Waals surface area contributed by atoms with Gasteiger partial charge in [0, 0.05) is 26.2 Å². The molecule has 0 bridgehead atoms. The normalized spacial score (nSPS) is 24.8. The molecule has 0 radical (unpaired) electrons. The van der Waals surface area contributed by atoms with Crippen molar-refractivity contribution in [3.05, 3.63) is 11.9 Å². The molecule has 3 N–H and O–H groups in total. The van der Waals surface area contributed by atoms with E-state index in [-0.39, 0.29) is 19.0 Å². The van der Waals surface area contributed by atoms with Crippen molar-refractivity contribution in [2.45, 2.75) is 25.2 Å². The van der Waals surface area contributed by atoms with E-state index in [0.717, 1.165) is 30.5 Å². The zero-order chi connectivity index (χ0) is 20.3. The molecule has 28 heavy (non-hydrogen) atoms. The van der Waals surface area contributed by atoms with Crippen molar-refractivity contribution in [3.8, 4) is 0 Å². The Labute approximate surface area is 165 Å². The Hall–Kier alpha value is -1.93. The number of likely N-dealkylation sites (N-methyl/N-ethyl adjacent to an activating group) is 2. The highest BCUT2D eigenvalue weighted by atomic mass is 32.2. The monoisotopic (exact) mass is 414 g/mol. The number of aromatic nitrogens is 3. The maximum atomic E-state index is 12.1. The summed E-state index contributed by atoms with van der Waals surface area (Å²) in [6.07, 6.45) is 1.66. The van der Waals surface area contributed by atoms with Crippen LogP contribution in [-0.4, -0.2) is 109 Å². The van der Waals surface area contributed by atoms with Crippen LogP contribution < -0.4 is 10.6 Å². The van der Waals surface area contributed by atoms with Gasteiger partial charge in [-0.2, -0.15) is 0 Å². The van der Waals surface area contributed by atoms with Crippen LogP contribution >= 0.6 is 0 Å². The first-order chi connectivity index (χ1) is 13.4. The molecule has 2 amide bonds. The Morgan fingerprint density at radius 2 is 2.07 bits per heavy atom. The predicted octanol–water partition coefficient (Wildman–Crippen LogP) is -2.92. The first-order valence-corrected chi connectivity index (χ1v) is 10.1. The SMILES string of the molecule is CNC1C(=O)N(S(=O)O)C1Cn1cc(CNC(=O)CN2CCN(C)CC2)nn1. The van der Waals surface area contributed by atoms with Gasteiger partial charge in [0.25, 0.3) is 17.2 Å². The molecule has 3 heterocycles. The third-order valence-corrected chi connectivity index (χ3v) is 5.83. The van der Waals surface area contributed by atoms with Gasteiger partial charge < -0.3 is 15.5 Å². The topological polar surface area (TPSA) is 136 Å². The number of amides is 2. The fourth-order valence-electron chi connectivity index (χ4n) is 3.36. The molecular formula is C15H26N8O4S. The van der Waals surface area contributed by atoms with Gasteiger partial charge in [-0.25, -0.2) is 8.51 Å². The molecule has 3 rings (SSSR count). The molecule has 0 spiro atoms. The van der Waals surface area contributed by atoms with E-state index in [0.29, 0.717) is 12.2 Å². The minimum absolute atomic E-state index is 0.0687. The average Bonchev–Trinajstić information content (AvgIpc) is 3.09. The summed E-state index contributed by atoms with van der Waals surface area (Å²) in [6.45, 7) is 4.48. The lowest BCUT2D eigenvalue weighted by Crippen LogP contribution is -2.70. The summed E-state index contributed by atoms with van der Waals surface area (Å²) in [4.78, 5) is 28.3. The van der Waals surface area contributed by atoms with E-state index < -0.39 is 29.3 Å². The van der Waals surface area contributed by atoms with Gasteiger partial charge in [-0.1, -0.05) is 5.21 Å². The van der Waals surface area contributed by atoms with Gasteiger partial charge in [0.15, 0.2) is 0 Å².